The van der Waals surface area contributed by atoms with Crippen molar-refractivity contribution in [3.63, 3.8) is 0 Å². The number of carbonyl (C=O) groups is 1. The number of benzene rings is 1. The molecule has 0 saturated carbocycles. The molecule has 1 aromatic carbocycles. The summed E-state index contributed by atoms with van der Waals surface area (Å²) in [6.07, 6.45) is 0. The van der Waals surface area contributed by atoms with Crippen molar-refractivity contribution in [2.24, 2.45) is 5.10 Å². The van der Waals surface area contributed by atoms with Crippen LogP contribution in [-0.2, 0) is 9.53 Å². The van der Waals surface area contributed by atoms with Crippen LogP contribution in [0.1, 0.15) is 6.92 Å². The first-order valence-corrected chi connectivity index (χ1v) is 6.23. The highest BCUT2D eigenvalue weighted by atomic mass is 79.9. The highest BCUT2D eigenvalue weighted by Gasteiger charge is 2.15. The number of ether oxygens (including phenoxy) is 1. The number of halogens is 2. The topological polar surface area (TPSA) is 93.8 Å². The van der Waals surface area contributed by atoms with Crippen molar-refractivity contribution in [2.75, 3.05) is 12.0 Å². The van der Waals surface area contributed by atoms with Crippen molar-refractivity contribution in [3.05, 3.63) is 32.8 Å². The number of hydrazone groups is 1. The van der Waals surface area contributed by atoms with Crippen LogP contribution in [0.4, 0.5) is 11.4 Å². The second-order valence-corrected chi connectivity index (χ2v) is 4.43. The monoisotopic (exact) mass is 349 g/mol. The minimum absolute atomic E-state index is 0.0989. The molecule has 9 heteroatoms. The van der Waals surface area contributed by atoms with Crippen LogP contribution in [0.5, 0.6) is 0 Å². The molecule has 0 atom stereocenters. The van der Waals surface area contributed by atoms with Crippen molar-refractivity contribution in [3.8, 4) is 0 Å². The van der Waals surface area contributed by atoms with Gasteiger partial charge in [0.15, 0.2) is 0 Å². The Hall–Kier alpha value is -1.67. The van der Waals surface area contributed by atoms with E-state index in [4.69, 9.17) is 11.6 Å². The Morgan fingerprint density at radius 2 is 2.32 bits per heavy atom. The predicted molar refractivity (Wildman–Crippen MR) is 74.3 cm³/mol. The highest BCUT2D eigenvalue weighted by molar-refractivity contribution is 9.10. The number of nitro groups is 1. The minimum atomic E-state index is -0.811. The lowest BCUT2D eigenvalue weighted by atomic mass is 10.3. The Morgan fingerprint density at radius 3 is 2.89 bits per heavy atom. The van der Waals surface area contributed by atoms with Gasteiger partial charge in [-0.05, 0) is 19.1 Å². The summed E-state index contributed by atoms with van der Waals surface area (Å²) in [6, 6.07) is 4.25. The fraction of sp³-hybridized carbons (Fsp3) is 0.200. The van der Waals surface area contributed by atoms with Crippen LogP contribution >= 0.6 is 27.5 Å². The van der Waals surface area contributed by atoms with Gasteiger partial charge in [-0.25, -0.2) is 4.79 Å². The molecule has 7 nitrogen and oxygen atoms in total. The van der Waals surface area contributed by atoms with Gasteiger partial charge >= 0.3 is 5.97 Å². The Bertz CT molecular complexity index is 536. The minimum Gasteiger partial charge on any atom is -0.461 e. The normalized spacial score (nSPS) is 11.0. The fourth-order valence-corrected chi connectivity index (χ4v) is 1.56. The number of nitro benzene ring substituents is 1. The van der Waals surface area contributed by atoms with E-state index in [9.17, 15) is 14.9 Å². The summed E-state index contributed by atoms with van der Waals surface area (Å²) in [5.41, 5.74) is 2.26. The van der Waals surface area contributed by atoms with Crippen LogP contribution < -0.4 is 5.43 Å². The summed E-state index contributed by atoms with van der Waals surface area (Å²) in [5.74, 6) is -0.811. The number of hydrogen-bond acceptors (Lipinski definition) is 6. The number of esters is 1. The maximum absolute atomic E-state index is 11.2. The molecule has 0 saturated heterocycles. The Labute approximate surface area is 121 Å². The maximum Gasteiger partial charge on any atom is 0.370 e. The summed E-state index contributed by atoms with van der Waals surface area (Å²) >= 11 is 8.73. The number of nitrogens with zero attached hydrogens (tertiary/aromatic N) is 2. The second kappa shape index (κ2) is 7.05. The molecule has 19 heavy (non-hydrogen) atoms. The van der Waals surface area contributed by atoms with Crippen molar-refractivity contribution < 1.29 is 14.5 Å². The SMILES string of the molecule is CCOC(=O)/C(Cl)=N\Nc1cc(Br)ccc1[N+](=O)[O-]. The molecule has 0 aliphatic heterocycles. The van der Waals surface area contributed by atoms with Crippen molar-refractivity contribution in [2.45, 2.75) is 6.92 Å². The smallest absolute Gasteiger partial charge is 0.370 e. The Kier molecular flexibility index (Phi) is 5.71. The van der Waals surface area contributed by atoms with Gasteiger partial charge in [-0.15, -0.1) is 0 Å². The summed E-state index contributed by atoms with van der Waals surface area (Å²) in [6.45, 7) is 1.77. The number of carbonyl (C=O) groups excluding carboxylic acids is 1. The molecule has 1 aromatic rings. The zero-order valence-corrected chi connectivity index (χ0v) is 12.1. The first kappa shape index (κ1) is 15.4. The van der Waals surface area contributed by atoms with E-state index in [-0.39, 0.29) is 18.0 Å². The molecule has 102 valence electrons. The lowest BCUT2D eigenvalue weighted by molar-refractivity contribution is -0.384. The molecule has 0 aliphatic carbocycles. The third kappa shape index (κ3) is 4.49. The molecule has 0 spiro atoms. The van der Waals surface area contributed by atoms with Crippen LogP contribution in [0.15, 0.2) is 27.8 Å². The van der Waals surface area contributed by atoms with Crippen LogP contribution in [-0.4, -0.2) is 22.7 Å². The molecule has 0 aromatic heterocycles. The predicted octanol–water partition coefficient (Wildman–Crippen LogP) is 2.88. The van der Waals surface area contributed by atoms with Gasteiger partial charge in [-0.1, -0.05) is 27.5 Å². The molecule has 0 amide bonds. The quantitative estimate of drug-likeness (QED) is 0.381. The molecule has 0 radical (unpaired) electrons. The van der Waals surface area contributed by atoms with E-state index >= 15 is 0 Å². The molecule has 1 N–H and O–H groups in total. The molecular weight excluding hydrogens is 341 g/mol. The number of hydrogen-bond donors (Lipinski definition) is 1. The summed E-state index contributed by atoms with van der Waals surface area (Å²) in [5, 5.41) is 13.9. The molecule has 0 fully saturated rings. The van der Waals surface area contributed by atoms with Crippen LogP contribution in [0, 0.1) is 10.1 Å². The van der Waals surface area contributed by atoms with E-state index in [0.29, 0.717) is 4.47 Å². The standard InChI is InChI=1S/C10H9BrClN3O4/c1-2-19-10(16)9(12)14-13-7-5-6(11)3-4-8(7)15(17)18/h3-5,13H,2H2,1H3/b14-9+. The lowest BCUT2D eigenvalue weighted by Gasteiger charge is -2.03. The molecule has 0 heterocycles. The average molecular weight is 351 g/mol. The zero-order chi connectivity index (χ0) is 14.4. The van der Waals surface area contributed by atoms with Gasteiger partial charge in [0.05, 0.1) is 11.5 Å². The first-order chi connectivity index (χ1) is 8.95. The van der Waals surface area contributed by atoms with Crippen molar-refractivity contribution in [1.82, 2.24) is 0 Å². The first-order valence-electron chi connectivity index (χ1n) is 5.06. The van der Waals surface area contributed by atoms with Crippen molar-refractivity contribution >= 4 is 50.0 Å². The van der Waals surface area contributed by atoms with E-state index in [0.717, 1.165) is 0 Å². The molecule has 0 bridgehead atoms. The molecule has 1 rings (SSSR count). The average Bonchev–Trinajstić information content (AvgIpc) is 2.35. The summed E-state index contributed by atoms with van der Waals surface area (Å²) in [4.78, 5) is 21.4. The third-order valence-corrected chi connectivity index (χ3v) is 2.61. The van der Waals surface area contributed by atoms with Gasteiger partial charge in [0.2, 0.25) is 5.17 Å². The van der Waals surface area contributed by atoms with Gasteiger partial charge in [0.1, 0.15) is 5.69 Å². The Balaban J connectivity index is 2.93. The largest absolute Gasteiger partial charge is 0.461 e. The van der Waals surface area contributed by atoms with Crippen molar-refractivity contribution in [1.29, 1.82) is 0 Å². The molecule has 0 aliphatic rings. The van der Waals surface area contributed by atoms with Gasteiger partial charge in [-0.2, -0.15) is 5.10 Å². The lowest BCUT2D eigenvalue weighted by Crippen LogP contribution is -2.13. The molecule has 0 unspecified atom stereocenters. The van der Waals surface area contributed by atoms with Gasteiger partial charge in [0, 0.05) is 10.5 Å². The van der Waals surface area contributed by atoms with E-state index in [1.165, 1.54) is 18.2 Å². The van der Waals surface area contributed by atoms with E-state index in [1.54, 1.807) is 6.92 Å². The van der Waals surface area contributed by atoms with E-state index in [2.05, 4.69) is 31.2 Å². The zero-order valence-electron chi connectivity index (χ0n) is 9.72. The van der Waals surface area contributed by atoms with E-state index in [1.807, 2.05) is 0 Å². The summed E-state index contributed by atoms with van der Waals surface area (Å²) < 4.78 is 5.22. The Morgan fingerprint density at radius 1 is 1.63 bits per heavy atom. The second-order valence-electron chi connectivity index (χ2n) is 3.15. The van der Waals surface area contributed by atoms with Gasteiger partial charge in [0.25, 0.3) is 5.69 Å². The fourth-order valence-electron chi connectivity index (χ4n) is 1.10. The molecular formula is C10H9BrClN3O4. The highest BCUT2D eigenvalue weighted by Crippen LogP contribution is 2.27. The van der Waals surface area contributed by atoms with Crippen LogP contribution in [0.25, 0.3) is 0 Å². The maximum atomic E-state index is 11.2. The number of anilines is 1. The van der Waals surface area contributed by atoms with Gasteiger partial charge in [-0.3, -0.25) is 15.5 Å². The number of rotatable bonds is 5. The summed E-state index contributed by atoms with van der Waals surface area (Å²) in [7, 11) is 0. The van der Waals surface area contributed by atoms with Crippen LogP contribution in [0.2, 0.25) is 0 Å². The van der Waals surface area contributed by atoms with Crippen LogP contribution in [0.3, 0.4) is 0 Å². The van der Waals surface area contributed by atoms with Gasteiger partial charge < -0.3 is 4.74 Å². The third-order valence-electron chi connectivity index (χ3n) is 1.87. The van der Waals surface area contributed by atoms with E-state index < -0.39 is 16.1 Å². The number of nitrogens with one attached hydrogen (secondary N) is 1.